The Bertz CT molecular complexity index is 1320. The molecule has 206 valence electrons. The van der Waals surface area contributed by atoms with Crippen LogP contribution in [0, 0.1) is 23.7 Å². The number of hydrogen-bond acceptors (Lipinski definition) is 9. The summed E-state index contributed by atoms with van der Waals surface area (Å²) in [5.41, 5.74) is -2.81. The van der Waals surface area contributed by atoms with Gasteiger partial charge in [0.15, 0.2) is 6.23 Å². The minimum atomic E-state index is -4.25. The van der Waals surface area contributed by atoms with Crippen molar-refractivity contribution in [3.05, 3.63) is 63.4 Å². The molecule has 12 nitrogen and oxygen atoms in total. The van der Waals surface area contributed by atoms with Gasteiger partial charge in [-0.3, -0.25) is 23.7 Å². The number of ether oxygens (including phenoxy) is 2. The van der Waals surface area contributed by atoms with Gasteiger partial charge in [0.2, 0.25) is 0 Å². The number of terminal acetylenes is 1. The van der Waals surface area contributed by atoms with Gasteiger partial charge in [-0.15, -0.1) is 6.42 Å². The Morgan fingerprint density at radius 3 is 2.58 bits per heavy atom. The number of nitrogens with one attached hydrogen (secondary N) is 2. The van der Waals surface area contributed by atoms with E-state index >= 15 is 0 Å². The summed E-state index contributed by atoms with van der Waals surface area (Å²) in [7, 11) is -4.25. The zero-order valence-corrected chi connectivity index (χ0v) is 22.4. The summed E-state index contributed by atoms with van der Waals surface area (Å²) in [6.07, 6.45) is 3.21. The molecule has 3 rings (SSSR count). The smallest absolute Gasteiger partial charge is 0.459 e. The fourth-order valence-corrected chi connectivity index (χ4v) is 5.21. The third-order valence-electron chi connectivity index (χ3n) is 5.84. The van der Waals surface area contributed by atoms with Crippen molar-refractivity contribution in [2.24, 2.45) is 11.3 Å². The molecule has 1 aromatic heterocycles. The topological polar surface area (TPSA) is 158 Å². The molecule has 0 radical (unpaired) electrons. The van der Waals surface area contributed by atoms with E-state index in [1.54, 1.807) is 30.3 Å². The van der Waals surface area contributed by atoms with Crippen molar-refractivity contribution in [3.63, 3.8) is 0 Å². The molecule has 0 saturated carbocycles. The number of carbonyl (C=O) groups excluding carboxylic acids is 1. The highest BCUT2D eigenvalue weighted by molar-refractivity contribution is 7.52. The fourth-order valence-electron chi connectivity index (χ4n) is 3.71. The molecule has 0 amide bonds. The number of H-pyrrole nitrogens is 1. The monoisotopic (exact) mass is 549 g/mol. The maximum Gasteiger partial charge on any atom is 0.459 e. The van der Waals surface area contributed by atoms with Gasteiger partial charge in [-0.05, 0) is 31.9 Å². The molecule has 2 aromatic rings. The first-order valence-electron chi connectivity index (χ1n) is 11.9. The summed E-state index contributed by atoms with van der Waals surface area (Å²) in [6.45, 7) is 6.39. The van der Waals surface area contributed by atoms with Crippen LogP contribution in [-0.4, -0.2) is 52.1 Å². The Morgan fingerprint density at radius 2 is 1.97 bits per heavy atom. The van der Waals surface area contributed by atoms with Crippen LogP contribution >= 0.6 is 7.75 Å². The normalized spacial score (nSPS) is 25.3. The van der Waals surface area contributed by atoms with Crippen LogP contribution in [0.2, 0.25) is 0 Å². The first kappa shape index (κ1) is 29.4. The van der Waals surface area contributed by atoms with E-state index in [0.29, 0.717) is 0 Å². The maximum atomic E-state index is 13.7. The van der Waals surface area contributed by atoms with Gasteiger partial charge in [0.1, 0.15) is 29.4 Å². The summed E-state index contributed by atoms with van der Waals surface area (Å²) < 4.78 is 37.1. The molecule has 1 aliphatic heterocycles. The SMILES string of the molecule is C#CC1(C)C(O)C(COP(=O)(NC(C)C(=O)OCC(C)C)Oc2ccccc2)OC1n1ccc(=O)[nH]c1=O. The van der Waals surface area contributed by atoms with Crippen LogP contribution in [0.4, 0.5) is 0 Å². The molecule has 6 unspecified atom stereocenters. The van der Waals surface area contributed by atoms with Crippen LogP contribution in [0.1, 0.15) is 33.9 Å². The van der Waals surface area contributed by atoms with E-state index in [1.807, 2.05) is 13.8 Å². The molecule has 3 N–H and O–H groups in total. The Hall–Kier alpha value is -3.20. The minimum absolute atomic E-state index is 0.101. The lowest BCUT2D eigenvalue weighted by Gasteiger charge is -2.27. The summed E-state index contributed by atoms with van der Waals surface area (Å²) in [4.78, 5) is 38.4. The van der Waals surface area contributed by atoms with Gasteiger partial charge in [-0.2, -0.15) is 5.09 Å². The third-order valence-corrected chi connectivity index (χ3v) is 7.48. The van der Waals surface area contributed by atoms with E-state index in [2.05, 4.69) is 16.0 Å². The molecular formula is C25H32N3O9P. The highest BCUT2D eigenvalue weighted by Crippen LogP contribution is 2.48. The number of aromatic amines is 1. The lowest BCUT2D eigenvalue weighted by Crippen LogP contribution is -2.41. The number of aliphatic hydroxyl groups excluding tert-OH is 1. The summed E-state index contributed by atoms with van der Waals surface area (Å²) >= 11 is 0. The first-order valence-corrected chi connectivity index (χ1v) is 13.5. The van der Waals surface area contributed by atoms with Gasteiger partial charge < -0.3 is 19.1 Å². The van der Waals surface area contributed by atoms with Gasteiger partial charge in [-0.1, -0.05) is 38.0 Å². The van der Waals surface area contributed by atoms with Crippen LogP contribution in [0.15, 0.2) is 52.2 Å². The maximum absolute atomic E-state index is 13.7. The average molecular weight is 550 g/mol. The number of para-hydroxylation sites is 1. The van der Waals surface area contributed by atoms with E-state index in [-0.39, 0.29) is 18.3 Å². The number of rotatable bonds is 11. The Kier molecular flexibility index (Phi) is 9.35. The standard InChI is InChI=1S/C25H32N3O9P/c1-6-25(5)21(30)19(36-23(25)28-13-12-20(29)26-24(28)32)15-35-38(33,37-18-10-8-7-9-11-18)27-17(4)22(31)34-14-16(2)3/h1,7-13,16-17,19,21,23,30H,14-15H2,2-5H3,(H,27,33)(H,26,29,32). The second-order valence-electron chi connectivity index (χ2n) is 9.49. The molecule has 1 saturated heterocycles. The van der Waals surface area contributed by atoms with Crippen molar-refractivity contribution in [1.82, 2.24) is 14.6 Å². The van der Waals surface area contributed by atoms with Gasteiger partial charge in [0.25, 0.3) is 5.56 Å². The third kappa shape index (κ3) is 6.81. The molecule has 0 spiro atoms. The average Bonchev–Trinajstić information content (AvgIpc) is 3.12. The van der Waals surface area contributed by atoms with Gasteiger partial charge in [0.05, 0.1) is 13.2 Å². The Morgan fingerprint density at radius 1 is 1.29 bits per heavy atom. The number of hydrogen-bond donors (Lipinski definition) is 3. The van der Waals surface area contributed by atoms with E-state index in [9.17, 15) is 24.1 Å². The van der Waals surface area contributed by atoms with E-state index in [4.69, 9.17) is 24.9 Å². The number of benzene rings is 1. The molecule has 13 heteroatoms. The Labute approximate surface area is 219 Å². The van der Waals surface area contributed by atoms with Gasteiger partial charge >= 0.3 is 19.4 Å². The van der Waals surface area contributed by atoms with Crippen LogP contribution in [-0.2, 0) is 23.4 Å². The van der Waals surface area contributed by atoms with Crippen molar-refractivity contribution < 1.29 is 33.0 Å². The summed E-state index contributed by atoms with van der Waals surface area (Å²) in [5.74, 6) is 2.10. The number of nitrogens with zero attached hydrogens (tertiary/aromatic N) is 1. The number of esters is 1. The lowest BCUT2D eigenvalue weighted by atomic mass is 9.83. The zero-order chi connectivity index (χ0) is 28.1. The van der Waals surface area contributed by atoms with Crippen molar-refractivity contribution >= 4 is 13.7 Å². The largest absolute Gasteiger partial charge is 0.464 e. The molecule has 0 aliphatic carbocycles. The van der Waals surface area contributed by atoms with Crippen molar-refractivity contribution in [2.45, 2.75) is 52.2 Å². The zero-order valence-electron chi connectivity index (χ0n) is 21.5. The van der Waals surface area contributed by atoms with Crippen molar-refractivity contribution in [1.29, 1.82) is 0 Å². The number of aliphatic hydroxyl groups is 1. The molecule has 0 bridgehead atoms. The quantitative estimate of drug-likeness (QED) is 0.214. The second-order valence-corrected chi connectivity index (χ2v) is 11.2. The van der Waals surface area contributed by atoms with Crippen molar-refractivity contribution in [2.75, 3.05) is 13.2 Å². The summed E-state index contributed by atoms with van der Waals surface area (Å²) in [6, 6.07) is 8.21. The van der Waals surface area contributed by atoms with Gasteiger partial charge in [0, 0.05) is 12.3 Å². The van der Waals surface area contributed by atoms with Crippen molar-refractivity contribution in [3.8, 4) is 18.1 Å². The number of aromatic nitrogens is 2. The molecule has 2 heterocycles. The van der Waals surface area contributed by atoms with Crippen LogP contribution in [0.5, 0.6) is 5.75 Å². The highest BCUT2D eigenvalue weighted by atomic mass is 31.2. The highest BCUT2D eigenvalue weighted by Gasteiger charge is 2.54. The minimum Gasteiger partial charge on any atom is -0.464 e. The molecule has 6 atom stereocenters. The van der Waals surface area contributed by atoms with E-state index < -0.39 is 61.5 Å². The van der Waals surface area contributed by atoms with Crippen LogP contribution < -0.4 is 20.9 Å². The Balaban J connectivity index is 1.82. The molecule has 1 aliphatic rings. The predicted octanol–water partition coefficient (Wildman–Crippen LogP) is 1.82. The molecule has 1 aromatic carbocycles. The molecule has 1 fully saturated rings. The first-order chi connectivity index (χ1) is 17.9. The fraction of sp³-hybridized carbons (Fsp3) is 0.480. The van der Waals surface area contributed by atoms with Crippen LogP contribution in [0.3, 0.4) is 0 Å². The lowest BCUT2D eigenvalue weighted by molar-refractivity contribution is -0.146. The molecular weight excluding hydrogens is 517 g/mol. The second kappa shape index (κ2) is 12.1. The van der Waals surface area contributed by atoms with E-state index in [1.165, 1.54) is 20.0 Å². The van der Waals surface area contributed by atoms with Gasteiger partial charge in [-0.25, -0.2) is 9.36 Å². The predicted molar refractivity (Wildman–Crippen MR) is 137 cm³/mol. The van der Waals surface area contributed by atoms with E-state index in [0.717, 1.165) is 10.6 Å². The number of carbonyl (C=O) groups is 1. The van der Waals surface area contributed by atoms with Crippen LogP contribution in [0.25, 0.3) is 0 Å². The molecule has 38 heavy (non-hydrogen) atoms. The summed E-state index contributed by atoms with van der Waals surface area (Å²) in [5, 5.41) is 13.6.